The van der Waals surface area contributed by atoms with Crippen LogP contribution in [0.1, 0.15) is 11.1 Å². The van der Waals surface area contributed by atoms with Crippen molar-refractivity contribution in [3.8, 4) is 11.5 Å². The number of ether oxygens (including phenoxy) is 2. The topological polar surface area (TPSA) is 67.9 Å². The molecule has 0 bridgehead atoms. The molecule has 23 heavy (non-hydrogen) atoms. The maximum Gasteiger partial charge on any atom is 0.262 e. The highest BCUT2D eigenvalue weighted by molar-refractivity contribution is 7.92. The van der Waals surface area contributed by atoms with Crippen molar-refractivity contribution in [3.05, 3.63) is 47.5 Å². The average molecular weight is 332 g/mol. The van der Waals surface area contributed by atoms with Gasteiger partial charge in [-0.15, -0.1) is 0 Å². The molecule has 2 aliphatic rings. The Balaban J connectivity index is 1.68. The minimum absolute atomic E-state index is 0.116. The number of fused-ring (bicyclic) bond motifs is 2. The Labute approximate surface area is 134 Å². The van der Waals surface area contributed by atoms with Gasteiger partial charge in [-0.2, -0.15) is 0 Å². The molecule has 1 N–H and O–H groups in total. The Morgan fingerprint density at radius 1 is 1.09 bits per heavy atom. The van der Waals surface area contributed by atoms with Crippen molar-refractivity contribution < 1.29 is 17.9 Å². The van der Waals surface area contributed by atoms with Crippen molar-refractivity contribution in [3.63, 3.8) is 0 Å². The maximum atomic E-state index is 12.7. The van der Waals surface area contributed by atoms with Gasteiger partial charge < -0.3 is 9.47 Å². The molecule has 2 aromatic rings. The van der Waals surface area contributed by atoms with Crippen LogP contribution >= 0.6 is 0 Å². The van der Waals surface area contributed by atoms with E-state index in [-0.39, 0.29) is 11.7 Å². The van der Waals surface area contributed by atoms with Gasteiger partial charge in [-0.1, -0.05) is 12.1 Å². The van der Waals surface area contributed by atoms with Crippen LogP contribution in [-0.2, 0) is 23.1 Å². The number of rotatable bonds is 3. The second kappa shape index (κ2) is 5.14. The summed E-state index contributed by atoms with van der Waals surface area (Å²) in [5, 5.41) is 0. The summed E-state index contributed by atoms with van der Waals surface area (Å²) in [5.74, 6) is 1.01. The van der Waals surface area contributed by atoms with E-state index in [1.54, 1.807) is 12.1 Å². The molecule has 0 unspecified atom stereocenters. The molecule has 0 saturated heterocycles. The first-order valence-electron chi connectivity index (χ1n) is 7.25. The predicted molar refractivity (Wildman–Crippen MR) is 85.0 cm³/mol. The largest absolute Gasteiger partial charge is 0.454 e. The van der Waals surface area contributed by atoms with Crippen LogP contribution in [0.15, 0.2) is 41.3 Å². The molecule has 0 amide bonds. The van der Waals surface area contributed by atoms with E-state index in [0.29, 0.717) is 17.2 Å². The van der Waals surface area contributed by atoms with E-state index in [0.717, 1.165) is 24.2 Å². The summed E-state index contributed by atoms with van der Waals surface area (Å²) in [7, 11) is -1.67. The number of nitrogens with one attached hydrogen (secondary N) is 1. The summed E-state index contributed by atoms with van der Waals surface area (Å²) in [5.41, 5.74) is 2.81. The summed E-state index contributed by atoms with van der Waals surface area (Å²) in [6.45, 7) is 1.68. The first-order chi connectivity index (χ1) is 11.0. The van der Waals surface area contributed by atoms with E-state index in [9.17, 15) is 8.42 Å². The Morgan fingerprint density at radius 2 is 1.91 bits per heavy atom. The van der Waals surface area contributed by atoms with E-state index in [2.05, 4.69) is 9.62 Å². The minimum Gasteiger partial charge on any atom is -0.454 e. The van der Waals surface area contributed by atoms with Crippen molar-refractivity contribution in [2.24, 2.45) is 0 Å². The fourth-order valence-electron chi connectivity index (χ4n) is 2.93. The molecule has 0 aromatic heterocycles. The third-order valence-corrected chi connectivity index (χ3v) is 5.40. The van der Waals surface area contributed by atoms with Gasteiger partial charge in [0.05, 0.1) is 10.6 Å². The van der Waals surface area contributed by atoms with Crippen molar-refractivity contribution in [2.45, 2.75) is 18.0 Å². The first-order valence-corrected chi connectivity index (χ1v) is 8.73. The SMILES string of the molecule is CN1Cc2cccc(NS(=O)(=O)c3ccc4c(c3)OCO4)c2C1. The fourth-order valence-corrected chi connectivity index (χ4v) is 4.04. The molecular weight excluding hydrogens is 316 g/mol. The zero-order valence-corrected chi connectivity index (χ0v) is 13.4. The van der Waals surface area contributed by atoms with Crippen LogP contribution in [0.4, 0.5) is 5.69 Å². The molecule has 0 radical (unpaired) electrons. The Hall–Kier alpha value is -2.25. The van der Waals surface area contributed by atoms with Gasteiger partial charge in [0.15, 0.2) is 11.5 Å². The normalized spacial score (nSPS) is 16.4. The van der Waals surface area contributed by atoms with Gasteiger partial charge in [-0.25, -0.2) is 8.42 Å². The van der Waals surface area contributed by atoms with E-state index < -0.39 is 10.0 Å². The zero-order chi connectivity index (χ0) is 16.0. The lowest BCUT2D eigenvalue weighted by atomic mass is 10.1. The molecule has 0 atom stereocenters. The lowest BCUT2D eigenvalue weighted by Gasteiger charge is -2.12. The Kier molecular flexibility index (Phi) is 3.21. The molecular formula is C16H16N2O4S. The highest BCUT2D eigenvalue weighted by Crippen LogP contribution is 2.35. The molecule has 4 rings (SSSR count). The van der Waals surface area contributed by atoms with Gasteiger partial charge in [-0.3, -0.25) is 9.62 Å². The van der Waals surface area contributed by atoms with E-state index in [1.165, 1.54) is 12.1 Å². The van der Waals surface area contributed by atoms with Gasteiger partial charge in [-0.05, 0) is 36.4 Å². The van der Waals surface area contributed by atoms with Gasteiger partial charge >= 0.3 is 0 Å². The van der Waals surface area contributed by atoms with E-state index >= 15 is 0 Å². The van der Waals surface area contributed by atoms with Crippen molar-refractivity contribution in [1.82, 2.24) is 4.90 Å². The molecule has 0 spiro atoms. The smallest absolute Gasteiger partial charge is 0.262 e. The van der Waals surface area contributed by atoms with Crippen LogP contribution in [0, 0.1) is 0 Å². The summed E-state index contributed by atoms with van der Waals surface area (Å²) in [4.78, 5) is 2.30. The molecule has 7 heteroatoms. The number of sulfonamides is 1. The quantitative estimate of drug-likeness (QED) is 0.933. The van der Waals surface area contributed by atoms with Crippen molar-refractivity contribution in [2.75, 3.05) is 18.6 Å². The predicted octanol–water partition coefficient (Wildman–Crippen LogP) is 2.16. The summed E-state index contributed by atoms with van der Waals surface area (Å²) < 4.78 is 38.5. The standard InChI is InChI=1S/C16H16N2O4S/c1-18-8-11-3-2-4-14(13(11)9-18)17-23(19,20)12-5-6-15-16(7-12)22-10-21-15/h2-7,17H,8-10H2,1H3. The third kappa shape index (κ3) is 2.51. The van der Waals surface area contributed by atoms with Gasteiger partial charge in [0.2, 0.25) is 6.79 Å². The maximum absolute atomic E-state index is 12.7. The van der Waals surface area contributed by atoms with Gasteiger partial charge in [0, 0.05) is 19.2 Å². The third-order valence-electron chi connectivity index (χ3n) is 4.04. The molecule has 0 saturated carbocycles. The van der Waals surface area contributed by atoms with E-state index in [4.69, 9.17) is 9.47 Å². The van der Waals surface area contributed by atoms with Crippen molar-refractivity contribution >= 4 is 15.7 Å². The Bertz CT molecular complexity index is 880. The number of anilines is 1. The first kappa shape index (κ1) is 14.3. The van der Waals surface area contributed by atoms with Gasteiger partial charge in [0.25, 0.3) is 10.0 Å². The molecule has 2 heterocycles. The van der Waals surface area contributed by atoms with Crippen LogP contribution in [0.3, 0.4) is 0 Å². The van der Waals surface area contributed by atoms with Crippen LogP contribution in [0.2, 0.25) is 0 Å². The molecule has 0 fully saturated rings. The summed E-state index contributed by atoms with van der Waals surface area (Å²) >= 11 is 0. The second-order valence-corrected chi connectivity index (χ2v) is 7.42. The Morgan fingerprint density at radius 3 is 2.78 bits per heavy atom. The molecule has 6 nitrogen and oxygen atoms in total. The number of hydrogen-bond donors (Lipinski definition) is 1. The number of hydrogen-bond acceptors (Lipinski definition) is 5. The lowest BCUT2D eigenvalue weighted by molar-refractivity contribution is 0.174. The van der Waals surface area contributed by atoms with Crippen LogP contribution in [0.25, 0.3) is 0 Å². The van der Waals surface area contributed by atoms with Crippen molar-refractivity contribution in [1.29, 1.82) is 0 Å². The second-order valence-electron chi connectivity index (χ2n) is 5.74. The minimum atomic E-state index is -3.68. The molecule has 2 aliphatic heterocycles. The van der Waals surface area contributed by atoms with Crippen LogP contribution in [-0.4, -0.2) is 27.2 Å². The number of nitrogens with zero attached hydrogens (tertiary/aromatic N) is 1. The monoisotopic (exact) mass is 332 g/mol. The highest BCUT2D eigenvalue weighted by Gasteiger charge is 2.24. The molecule has 2 aromatic carbocycles. The summed E-state index contributed by atoms with van der Waals surface area (Å²) in [6, 6.07) is 10.3. The summed E-state index contributed by atoms with van der Waals surface area (Å²) in [6.07, 6.45) is 0. The highest BCUT2D eigenvalue weighted by atomic mass is 32.2. The van der Waals surface area contributed by atoms with Gasteiger partial charge in [0.1, 0.15) is 0 Å². The fraction of sp³-hybridized carbons (Fsp3) is 0.250. The van der Waals surface area contributed by atoms with Crippen LogP contribution < -0.4 is 14.2 Å². The molecule has 120 valence electrons. The number of benzene rings is 2. The lowest BCUT2D eigenvalue weighted by Crippen LogP contribution is -2.14. The van der Waals surface area contributed by atoms with Crippen LogP contribution in [0.5, 0.6) is 11.5 Å². The molecule has 0 aliphatic carbocycles. The average Bonchev–Trinajstić information content (AvgIpc) is 3.11. The van der Waals surface area contributed by atoms with E-state index in [1.807, 2.05) is 19.2 Å². The zero-order valence-electron chi connectivity index (χ0n) is 12.6.